The van der Waals surface area contributed by atoms with Crippen molar-refractivity contribution >= 4 is 80.4 Å². The highest BCUT2D eigenvalue weighted by atomic mass is 35.5. The minimum atomic E-state index is -0.451. The smallest absolute Gasteiger partial charge is 0.257 e. The van der Waals surface area contributed by atoms with E-state index >= 15 is 0 Å². The highest BCUT2D eigenvalue weighted by Gasteiger charge is 2.17. The van der Waals surface area contributed by atoms with Crippen molar-refractivity contribution in [2.24, 2.45) is 0 Å². The molecule has 12 heteroatoms. The van der Waals surface area contributed by atoms with Crippen LogP contribution >= 0.6 is 57.7 Å². The molecular weight excluding hydrogens is 542 g/mol. The second-order valence-electron chi connectivity index (χ2n) is 6.81. The zero-order valence-electron chi connectivity index (χ0n) is 16.8. The molecule has 1 aromatic heterocycles. The van der Waals surface area contributed by atoms with Crippen molar-refractivity contribution in [1.29, 1.82) is 0 Å². The van der Waals surface area contributed by atoms with Crippen LogP contribution < -0.4 is 10.6 Å². The van der Waals surface area contributed by atoms with Gasteiger partial charge in [-0.2, -0.15) is 0 Å². The standard InChI is InChI=1S/C22H12Cl4N4O3S/c23-12-7-14(18(31)17(26)8-12)21-29-30-22(34-21)28-20(33)11-3-1-10(2-4-11)19(32)27-13-5-6-15(24)16(25)9-13/h1-9,31H,(H,27,32)(H,28,30,33). The lowest BCUT2D eigenvalue weighted by atomic mass is 10.1. The molecular formula is C22H12Cl4N4O3S. The van der Waals surface area contributed by atoms with Gasteiger partial charge in [0, 0.05) is 21.8 Å². The maximum Gasteiger partial charge on any atom is 0.257 e. The number of halogens is 4. The van der Waals surface area contributed by atoms with Gasteiger partial charge in [0.2, 0.25) is 5.13 Å². The van der Waals surface area contributed by atoms with E-state index in [-0.39, 0.29) is 21.8 Å². The number of nitrogens with zero attached hydrogens (tertiary/aromatic N) is 2. The summed E-state index contributed by atoms with van der Waals surface area (Å²) in [5.41, 5.74) is 1.43. The van der Waals surface area contributed by atoms with Crippen LogP contribution in [0.25, 0.3) is 10.6 Å². The number of benzene rings is 3. The summed E-state index contributed by atoms with van der Waals surface area (Å²) in [5.74, 6) is -1.01. The summed E-state index contributed by atoms with van der Waals surface area (Å²) < 4.78 is 0. The number of hydrogen-bond donors (Lipinski definition) is 3. The van der Waals surface area contributed by atoms with E-state index in [4.69, 9.17) is 46.4 Å². The Morgan fingerprint density at radius 3 is 2.06 bits per heavy atom. The SMILES string of the molecule is O=C(Nc1ccc(Cl)c(Cl)c1)c1ccc(C(=O)Nc2nnc(-c3cc(Cl)cc(Cl)c3O)s2)cc1. The van der Waals surface area contributed by atoms with Crippen molar-refractivity contribution in [2.45, 2.75) is 0 Å². The highest BCUT2D eigenvalue weighted by molar-refractivity contribution is 7.18. The Balaban J connectivity index is 1.43. The largest absolute Gasteiger partial charge is 0.506 e. The molecule has 0 fully saturated rings. The first-order valence-corrected chi connectivity index (χ1v) is 11.7. The van der Waals surface area contributed by atoms with Gasteiger partial charge < -0.3 is 10.4 Å². The van der Waals surface area contributed by atoms with Crippen molar-refractivity contribution in [2.75, 3.05) is 10.6 Å². The number of carbonyl (C=O) groups is 2. The molecule has 3 N–H and O–H groups in total. The van der Waals surface area contributed by atoms with Crippen LogP contribution in [0.1, 0.15) is 20.7 Å². The van der Waals surface area contributed by atoms with Gasteiger partial charge in [-0.15, -0.1) is 10.2 Å². The fraction of sp³-hybridized carbons (Fsp3) is 0. The van der Waals surface area contributed by atoms with E-state index in [1.165, 1.54) is 42.5 Å². The fourth-order valence-electron chi connectivity index (χ4n) is 2.83. The van der Waals surface area contributed by atoms with Crippen LogP contribution in [-0.4, -0.2) is 27.1 Å². The lowest BCUT2D eigenvalue weighted by Crippen LogP contribution is -2.14. The molecule has 172 valence electrons. The van der Waals surface area contributed by atoms with Gasteiger partial charge in [0.1, 0.15) is 5.75 Å². The number of amides is 2. The predicted molar refractivity (Wildman–Crippen MR) is 136 cm³/mol. The number of anilines is 2. The molecule has 0 atom stereocenters. The first-order chi connectivity index (χ1) is 16.2. The summed E-state index contributed by atoms with van der Waals surface area (Å²) in [6.07, 6.45) is 0. The Morgan fingerprint density at radius 2 is 1.41 bits per heavy atom. The maximum absolute atomic E-state index is 12.6. The zero-order chi connectivity index (χ0) is 24.4. The van der Waals surface area contributed by atoms with Gasteiger partial charge >= 0.3 is 0 Å². The minimum absolute atomic E-state index is 0.0755. The molecule has 0 saturated heterocycles. The monoisotopic (exact) mass is 552 g/mol. The van der Waals surface area contributed by atoms with E-state index < -0.39 is 5.91 Å². The van der Waals surface area contributed by atoms with Gasteiger partial charge in [-0.1, -0.05) is 57.7 Å². The molecule has 4 aromatic rings. The van der Waals surface area contributed by atoms with Crippen LogP contribution in [0.3, 0.4) is 0 Å². The number of phenols is 1. The number of rotatable bonds is 5. The topological polar surface area (TPSA) is 104 Å². The molecule has 0 aliphatic rings. The number of aromatic hydroxyl groups is 1. The first kappa shape index (κ1) is 24.3. The summed E-state index contributed by atoms with van der Waals surface area (Å²) >= 11 is 24.8. The Morgan fingerprint density at radius 1 is 0.765 bits per heavy atom. The molecule has 0 spiro atoms. The van der Waals surface area contributed by atoms with Crippen LogP contribution in [-0.2, 0) is 0 Å². The number of carbonyl (C=O) groups excluding carboxylic acids is 2. The Labute approximate surface area is 217 Å². The van der Waals surface area contributed by atoms with E-state index in [0.29, 0.717) is 42.5 Å². The van der Waals surface area contributed by atoms with Crippen LogP contribution in [0.5, 0.6) is 5.75 Å². The zero-order valence-corrected chi connectivity index (χ0v) is 20.6. The number of hydrogen-bond acceptors (Lipinski definition) is 6. The lowest BCUT2D eigenvalue weighted by Gasteiger charge is -2.07. The quantitative estimate of drug-likeness (QED) is 0.246. The minimum Gasteiger partial charge on any atom is -0.506 e. The van der Waals surface area contributed by atoms with Crippen LogP contribution in [0.15, 0.2) is 54.6 Å². The van der Waals surface area contributed by atoms with E-state index in [0.717, 1.165) is 11.3 Å². The van der Waals surface area contributed by atoms with Gasteiger partial charge in [0.15, 0.2) is 5.01 Å². The fourth-order valence-corrected chi connectivity index (χ4v) is 4.38. The van der Waals surface area contributed by atoms with E-state index in [9.17, 15) is 14.7 Å². The third-order valence-electron chi connectivity index (χ3n) is 4.49. The highest BCUT2D eigenvalue weighted by Crippen LogP contribution is 2.39. The van der Waals surface area contributed by atoms with E-state index in [2.05, 4.69) is 20.8 Å². The first-order valence-electron chi connectivity index (χ1n) is 9.41. The maximum atomic E-state index is 12.6. The molecule has 1 heterocycles. The van der Waals surface area contributed by atoms with Crippen molar-refractivity contribution in [3.05, 3.63) is 85.8 Å². The third kappa shape index (κ3) is 5.43. The predicted octanol–water partition coefficient (Wildman–Crippen LogP) is 7.03. The summed E-state index contributed by atoms with van der Waals surface area (Å²) in [5, 5.41) is 25.0. The van der Waals surface area contributed by atoms with E-state index in [1.807, 2.05) is 0 Å². The molecule has 0 radical (unpaired) electrons. The van der Waals surface area contributed by atoms with Gasteiger partial charge in [0.05, 0.1) is 20.6 Å². The molecule has 3 aromatic carbocycles. The Hall–Kier alpha value is -2.88. The molecule has 0 aliphatic heterocycles. The van der Waals surface area contributed by atoms with E-state index in [1.54, 1.807) is 12.1 Å². The second-order valence-corrected chi connectivity index (χ2v) is 9.45. The summed E-state index contributed by atoms with van der Waals surface area (Å²) in [7, 11) is 0. The molecule has 34 heavy (non-hydrogen) atoms. The normalized spacial score (nSPS) is 10.7. The molecule has 0 saturated carbocycles. The molecule has 0 bridgehead atoms. The average Bonchev–Trinajstić information content (AvgIpc) is 3.27. The number of nitrogens with one attached hydrogen (secondary N) is 2. The van der Waals surface area contributed by atoms with Gasteiger partial charge in [-0.25, -0.2) is 0 Å². The van der Waals surface area contributed by atoms with Gasteiger partial charge in [-0.3, -0.25) is 14.9 Å². The van der Waals surface area contributed by atoms with Crippen LogP contribution in [0.2, 0.25) is 20.1 Å². The molecule has 4 rings (SSSR count). The number of aromatic nitrogens is 2. The summed E-state index contributed by atoms with van der Waals surface area (Å²) in [6.45, 7) is 0. The summed E-state index contributed by atoms with van der Waals surface area (Å²) in [6, 6.07) is 13.7. The average molecular weight is 554 g/mol. The van der Waals surface area contributed by atoms with Crippen molar-refractivity contribution in [3.8, 4) is 16.3 Å². The summed E-state index contributed by atoms with van der Waals surface area (Å²) in [4.78, 5) is 25.0. The van der Waals surface area contributed by atoms with Crippen LogP contribution in [0.4, 0.5) is 10.8 Å². The molecule has 2 amide bonds. The van der Waals surface area contributed by atoms with Crippen molar-refractivity contribution < 1.29 is 14.7 Å². The lowest BCUT2D eigenvalue weighted by molar-refractivity contribution is 0.101. The van der Waals surface area contributed by atoms with Gasteiger partial charge in [0.25, 0.3) is 11.8 Å². The van der Waals surface area contributed by atoms with Crippen molar-refractivity contribution in [1.82, 2.24) is 10.2 Å². The second kappa shape index (κ2) is 10.2. The Bertz CT molecular complexity index is 1410. The van der Waals surface area contributed by atoms with Gasteiger partial charge in [-0.05, 0) is 54.6 Å². The van der Waals surface area contributed by atoms with Crippen molar-refractivity contribution in [3.63, 3.8) is 0 Å². The third-order valence-corrected chi connectivity index (χ3v) is 6.61. The molecule has 7 nitrogen and oxygen atoms in total. The number of phenolic OH excluding ortho intramolecular Hbond substituents is 1. The molecule has 0 aliphatic carbocycles. The molecule has 0 unspecified atom stereocenters. The van der Waals surface area contributed by atoms with Crippen LogP contribution in [0, 0.1) is 0 Å². The Kier molecular flexibility index (Phi) is 7.25.